The van der Waals surface area contributed by atoms with Crippen molar-refractivity contribution < 1.29 is 14.7 Å². The minimum absolute atomic E-state index is 0.00260. The molecule has 0 aliphatic carbocycles. The Hall–Kier alpha value is -1.10. The van der Waals surface area contributed by atoms with Crippen molar-refractivity contribution in [3.05, 3.63) is 0 Å². The molecule has 1 unspecified atom stereocenters. The monoisotopic (exact) mass is 230 g/mol. The summed E-state index contributed by atoms with van der Waals surface area (Å²) in [5.41, 5.74) is 0. The van der Waals surface area contributed by atoms with Gasteiger partial charge < -0.3 is 15.3 Å². The van der Waals surface area contributed by atoms with Gasteiger partial charge in [-0.3, -0.25) is 9.59 Å². The van der Waals surface area contributed by atoms with Gasteiger partial charge in [0.2, 0.25) is 11.8 Å². The molecule has 2 amide bonds. The third-order valence-electron chi connectivity index (χ3n) is 2.28. The topological polar surface area (TPSA) is 69.6 Å². The largest absolute Gasteiger partial charge is 0.392 e. The lowest BCUT2D eigenvalue weighted by Gasteiger charge is -2.18. The van der Waals surface area contributed by atoms with Crippen molar-refractivity contribution in [3.63, 3.8) is 0 Å². The van der Waals surface area contributed by atoms with Gasteiger partial charge in [-0.25, -0.2) is 0 Å². The van der Waals surface area contributed by atoms with E-state index in [1.807, 2.05) is 13.8 Å². The zero-order chi connectivity index (χ0) is 12.6. The van der Waals surface area contributed by atoms with Crippen LogP contribution < -0.4 is 5.32 Å². The standard InChI is InChI=1S/C11H22N2O3/c1-4-13(5-2)11(16)7-6-10(15)12-8-9(3)14/h9,14H,4-8H2,1-3H3,(H,12,15). The highest BCUT2D eigenvalue weighted by Crippen LogP contribution is 1.97. The second kappa shape index (κ2) is 8.10. The summed E-state index contributed by atoms with van der Waals surface area (Å²) in [6, 6.07) is 0. The molecule has 0 aromatic heterocycles. The zero-order valence-corrected chi connectivity index (χ0v) is 10.3. The number of hydrogen-bond donors (Lipinski definition) is 2. The van der Waals surface area contributed by atoms with E-state index < -0.39 is 6.10 Å². The molecule has 0 fully saturated rings. The fourth-order valence-corrected chi connectivity index (χ4v) is 1.30. The number of nitrogens with one attached hydrogen (secondary N) is 1. The molecule has 0 heterocycles. The van der Waals surface area contributed by atoms with Crippen LogP contribution >= 0.6 is 0 Å². The van der Waals surface area contributed by atoms with Crippen LogP contribution in [0.25, 0.3) is 0 Å². The first-order chi connectivity index (χ1) is 7.51. The van der Waals surface area contributed by atoms with E-state index in [-0.39, 0.29) is 31.2 Å². The Morgan fingerprint density at radius 1 is 1.25 bits per heavy atom. The lowest BCUT2D eigenvalue weighted by molar-refractivity contribution is -0.133. The summed E-state index contributed by atoms with van der Waals surface area (Å²) in [6.07, 6.45) is -0.141. The molecule has 0 aliphatic rings. The molecular weight excluding hydrogens is 208 g/mol. The summed E-state index contributed by atoms with van der Waals surface area (Å²) >= 11 is 0. The third kappa shape index (κ3) is 6.40. The van der Waals surface area contributed by atoms with E-state index in [4.69, 9.17) is 5.11 Å². The van der Waals surface area contributed by atoms with Crippen molar-refractivity contribution in [1.29, 1.82) is 0 Å². The smallest absolute Gasteiger partial charge is 0.223 e. The molecule has 0 bridgehead atoms. The molecule has 0 saturated carbocycles. The molecule has 0 rings (SSSR count). The highest BCUT2D eigenvalue weighted by Gasteiger charge is 2.11. The van der Waals surface area contributed by atoms with Gasteiger partial charge in [0, 0.05) is 32.5 Å². The molecule has 0 saturated heterocycles. The lowest BCUT2D eigenvalue weighted by Crippen LogP contribution is -2.34. The Morgan fingerprint density at radius 3 is 2.25 bits per heavy atom. The minimum atomic E-state index is -0.553. The second-order valence-electron chi connectivity index (χ2n) is 3.72. The zero-order valence-electron chi connectivity index (χ0n) is 10.3. The number of aliphatic hydroxyl groups is 1. The van der Waals surface area contributed by atoms with Gasteiger partial charge in [-0.2, -0.15) is 0 Å². The van der Waals surface area contributed by atoms with Crippen LogP contribution in [0.4, 0.5) is 0 Å². The number of hydrogen-bond acceptors (Lipinski definition) is 3. The van der Waals surface area contributed by atoms with E-state index in [0.717, 1.165) is 0 Å². The molecule has 0 aromatic rings. The summed E-state index contributed by atoms with van der Waals surface area (Å²) in [4.78, 5) is 24.5. The molecule has 5 nitrogen and oxygen atoms in total. The van der Waals surface area contributed by atoms with E-state index in [1.54, 1.807) is 11.8 Å². The highest BCUT2D eigenvalue weighted by molar-refractivity contribution is 5.83. The Labute approximate surface area is 96.8 Å². The van der Waals surface area contributed by atoms with Crippen molar-refractivity contribution in [2.24, 2.45) is 0 Å². The number of nitrogens with zero attached hydrogens (tertiary/aromatic N) is 1. The van der Waals surface area contributed by atoms with Gasteiger partial charge in [0.15, 0.2) is 0 Å². The van der Waals surface area contributed by atoms with Gasteiger partial charge in [0.25, 0.3) is 0 Å². The number of rotatable bonds is 7. The molecular formula is C11H22N2O3. The van der Waals surface area contributed by atoms with Crippen molar-refractivity contribution in [3.8, 4) is 0 Å². The van der Waals surface area contributed by atoms with Crippen LogP contribution in [0.15, 0.2) is 0 Å². The SMILES string of the molecule is CCN(CC)C(=O)CCC(=O)NCC(C)O. The van der Waals surface area contributed by atoms with Crippen LogP contribution in [0, 0.1) is 0 Å². The number of amides is 2. The van der Waals surface area contributed by atoms with Gasteiger partial charge in [0.1, 0.15) is 0 Å². The summed E-state index contributed by atoms with van der Waals surface area (Å²) in [7, 11) is 0. The maximum Gasteiger partial charge on any atom is 0.223 e. The van der Waals surface area contributed by atoms with Gasteiger partial charge in [-0.15, -0.1) is 0 Å². The predicted octanol–water partition coefficient (Wildman–Crippen LogP) is 0.132. The van der Waals surface area contributed by atoms with Crippen LogP contribution in [0.2, 0.25) is 0 Å². The van der Waals surface area contributed by atoms with Gasteiger partial charge in [-0.05, 0) is 20.8 Å². The predicted molar refractivity (Wildman–Crippen MR) is 61.9 cm³/mol. The summed E-state index contributed by atoms with van der Waals surface area (Å²) < 4.78 is 0. The fourth-order valence-electron chi connectivity index (χ4n) is 1.30. The Balaban J connectivity index is 3.78. The van der Waals surface area contributed by atoms with E-state index in [2.05, 4.69) is 5.32 Å². The summed E-state index contributed by atoms with van der Waals surface area (Å²) in [6.45, 7) is 7.00. The normalized spacial score (nSPS) is 12.0. The molecule has 1 atom stereocenters. The fraction of sp³-hybridized carbons (Fsp3) is 0.818. The van der Waals surface area contributed by atoms with E-state index in [9.17, 15) is 9.59 Å². The number of carbonyl (C=O) groups is 2. The van der Waals surface area contributed by atoms with E-state index in [1.165, 1.54) is 0 Å². The molecule has 0 spiro atoms. The molecule has 5 heteroatoms. The van der Waals surface area contributed by atoms with E-state index >= 15 is 0 Å². The third-order valence-corrected chi connectivity index (χ3v) is 2.28. The highest BCUT2D eigenvalue weighted by atomic mass is 16.3. The Bertz CT molecular complexity index is 225. The van der Waals surface area contributed by atoms with Crippen LogP contribution in [0.1, 0.15) is 33.6 Å². The Kier molecular flexibility index (Phi) is 7.54. The summed E-state index contributed by atoms with van der Waals surface area (Å²) in [5.74, 6) is -0.196. The first kappa shape index (κ1) is 14.9. The minimum Gasteiger partial charge on any atom is -0.392 e. The average Bonchev–Trinajstić information content (AvgIpc) is 2.25. The van der Waals surface area contributed by atoms with Crippen molar-refractivity contribution in [2.45, 2.75) is 39.7 Å². The molecule has 0 radical (unpaired) electrons. The average molecular weight is 230 g/mol. The second-order valence-corrected chi connectivity index (χ2v) is 3.72. The van der Waals surface area contributed by atoms with Crippen molar-refractivity contribution >= 4 is 11.8 Å². The van der Waals surface area contributed by atoms with Crippen LogP contribution in [0.5, 0.6) is 0 Å². The van der Waals surface area contributed by atoms with Gasteiger partial charge in [0.05, 0.1) is 6.10 Å². The molecule has 16 heavy (non-hydrogen) atoms. The number of aliphatic hydroxyl groups excluding tert-OH is 1. The van der Waals surface area contributed by atoms with Gasteiger partial charge >= 0.3 is 0 Å². The number of carbonyl (C=O) groups excluding carboxylic acids is 2. The van der Waals surface area contributed by atoms with Crippen LogP contribution in [0.3, 0.4) is 0 Å². The summed E-state index contributed by atoms with van der Waals surface area (Å²) in [5, 5.41) is 11.5. The van der Waals surface area contributed by atoms with Crippen LogP contribution in [-0.2, 0) is 9.59 Å². The van der Waals surface area contributed by atoms with Crippen molar-refractivity contribution in [2.75, 3.05) is 19.6 Å². The maximum absolute atomic E-state index is 11.5. The quantitative estimate of drug-likeness (QED) is 0.653. The lowest BCUT2D eigenvalue weighted by atomic mass is 10.2. The first-order valence-electron chi connectivity index (χ1n) is 5.73. The van der Waals surface area contributed by atoms with E-state index in [0.29, 0.717) is 13.1 Å². The Morgan fingerprint density at radius 2 is 1.81 bits per heavy atom. The van der Waals surface area contributed by atoms with Crippen LogP contribution in [-0.4, -0.2) is 47.6 Å². The van der Waals surface area contributed by atoms with Crippen molar-refractivity contribution in [1.82, 2.24) is 10.2 Å². The van der Waals surface area contributed by atoms with Gasteiger partial charge in [-0.1, -0.05) is 0 Å². The molecule has 2 N–H and O–H groups in total. The molecule has 94 valence electrons. The molecule has 0 aromatic carbocycles. The first-order valence-corrected chi connectivity index (χ1v) is 5.73. The molecule has 0 aliphatic heterocycles. The maximum atomic E-state index is 11.5.